The average Bonchev–Trinajstić information content (AvgIpc) is 2.77. The predicted molar refractivity (Wildman–Crippen MR) is 121 cm³/mol. The summed E-state index contributed by atoms with van der Waals surface area (Å²) in [5.41, 5.74) is 0.933. The van der Waals surface area contributed by atoms with E-state index in [0.717, 1.165) is 19.6 Å². The third-order valence-electron chi connectivity index (χ3n) is 6.58. The molecule has 4 aliphatic heterocycles. The van der Waals surface area contributed by atoms with Gasteiger partial charge in [-0.3, -0.25) is 29.2 Å². The number of morpholine rings is 1. The summed E-state index contributed by atoms with van der Waals surface area (Å²) in [6, 6.07) is 4.72. The highest BCUT2D eigenvalue weighted by atomic mass is 16.5. The molecule has 6 rings (SSSR count). The van der Waals surface area contributed by atoms with Gasteiger partial charge in [-0.05, 0) is 25.5 Å². The van der Waals surface area contributed by atoms with Crippen LogP contribution >= 0.6 is 0 Å². The van der Waals surface area contributed by atoms with Crippen LogP contribution in [0.1, 0.15) is 31.1 Å². The van der Waals surface area contributed by atoms with Crippen LogP contribution in [0.25, 0.3) is 10.9 Å². The first-order chi connectivity index (χ1) is 16.0. The Hall–Kier alpha value is -2.82. The molecule has 176 valence electrons. The molecule has 4 saturated heterocycles. The number of rotatable bonds is 8. The second-order valence-electron chi connectivity index (χ2n) is 8.92. The molecule has 2 aromatic rings. The summed E-state index contributed by atoms with van der Waals surface area (Å²) in [4.78, 5) is 44.2. The molecule has 2 N–H and O–H groups in total. The Kier molecular flexibility index (Phi) is 6.13. The van der Waals surface area contributed by atoms with Crippen molar-refractivity contribution in [3.05, 3.63) is 34.4 Å². The van der Waals surface area contributed by atoms with Gasteiger partial charge in [0.15, 0.2) is 0 Å². The van der Waals surface area contributed by atoms with Gasteiger partial charge < -0.3 is 14.8 Å². The number of carbonyl (C=O) groups excluding carboxylic acids is 2. The van der Waals surface area contributed by atoms with Crippen LogP contribution in [0.3, 0.4) is 0 Å². The van der Waals surface area contributed by atoms with E-state index in [2.05, 4.69) is 20.5 Å². The fourth-order valence-electron chi connectivity index (χ4n) is 4.97. The Morgan fingerprint density at radius 2 is 2.00 bits per heavy atom. The quantitative estimate of drug-likeness (QED) is 0.439. The van der Waals surface area contributed by atoms with Gasteiger partial charge in [-0.2, -0.15) is 0 Å². The topological polar surface area (TPSA) is 115 Å². The van der Waals surface area contributed by atoms with E-state index in [1.165, 1.54) is 11.0 Å². The number of amides is 2. The van der Waals surface area contributed by atoms with Crippen molar-refractivity contribution in [3.8, 4) is 0 Å². The standard InChI is InChI=1S/C23H29N5O5/c1-14-25-18-4-2-3-17(21(18)23(31)28(14)19-5-6-20(29)26-22(19)30)24-7-9-32-10-8-27-12-15-11-16(13-27)33-15/h2-4,15-16,19,24H,5-13H2,1H3,(H,26,29,30). The van der Waals surface area contributed by atoms with E-state index in [1.807, 2.05) is 12.1 Å². The summed E-state index contributed by atoms with van der Waals surface area (Å²) in [5, 5.41) is 6.03. The lowest BCUT2D eigenvalue weighted by Crippen LogP contribution is -2.57. The van der Waals surface area contributed by atoms with E-state index in [-0.39, 0.29) is 24.3 Å². The number of hydrogen-bond acceptors (Lipinski definition) is 8. The Morgan fingerprint density at radius 1 is 1.21 bits per heavy atom. The van der Waals surface area contributed by atoms with Crippen LogP contribution in [-0.4, -0.2) is 77.9 Å². The van der Waals surface area contributed by atoms with Crippen LogP contribution in [-0.2, 0) is 19.1 Å². The third-order valence-corrected chi connectivity index (χ3v) is 6.58. The number of nitrogens with one attached hydrogen (secondary N) is 2. The van der Waals surface area contributed by atoms with E-state index >= 15 is 0 Å². The fourth-order valence-corrected chi connectivity index (χ4v) is 4.97. The monoisotopic (exact) mass is 455 g/mol. The maximum absolute atomic E-state index is 13.4. The zero-order valence-corrected chi connectivity index (χ0v) is 18.7. The summed E-state index contributed by atoms with van der Waals surface area (Å²) >= 11 is 0. The first kappa shape index (κ1) is 22.0. The molecule has 10 heteroatoms. The Balaban J connectivity index is 1.23. The smallest absolute Gasteiger partial charge is 0.264 e. The minimum atomic E-state index is -0.741. The second kappa shape index (κ2) is 9.20. The average molecular weight is 456 g/mol. The minimum Gasteiger partial charge on any atom is -0.382 e. The van der Waals surface area contributed by atoms with Crippen LogP contribution in [0.2, 0.25) is 0 Å². The van der Waals surface area contributed by atoms with E-state index in [4.69, 9.17) is 9.47 Å². The molecule has 3 atom stereocenters. The summed E-state index contributed by atoms with van der Waals surface area (Å²) in [5.74, 6) is -0.333. The molecule has 0 radical (unpaired) electrons. The first-order valence-electron chi connectivity index (χ1n) is 11.5. The van der Waals surface area contributed by atoms with E-state index < -0.39 is 11.9 Å². The predicted octanol–water partition coefficient (Wildman–Crippen LogP) is 0.584. The maximum atomic E-state index is 13.4. The van der Waals surface area contributed by atoms with Gasteiger partial charge in [0.1, 0.15) is 11.9 Å². The second-order valence-corrected chi connectivity index (χ2v) is 8.92. The first-order valence-corrected chi connectivity index (χ1v) is 11.5. The van der Waals surface area contributed by atoms with E-state index in [0.29, 0.717) is 54.4 Å². The van der Waals surface area contributed by atoms with Crippen LogP contribution in [0.5, 0.6) is 0 Å². The van der Waals surface area contributed by atoms with Crippen molar-refractivity contribution in [1.82, 2.24) is 19.8 Å². The van der Waals surface area contributed by atoms with Gasteiger partial charge in [-0.1, -0.05) is 6.07 Å². The van der Waals surface area contributed by atoms with E-state index in [1.54, 1.807) is 13.0 Å². The highest BCUT2D eigenvalue weighted by Crippen LogP contribution is 2.27. The molecule has 1 aromatic carbocycles. The number of imide groups is 1. The molecule has 0 spiro atoms. The summed E-state index contributed by atoms with van der Waals surface area (Å²) in [6.07, 6.45) is 2.47. The third kappa shape index (κ3) is 4.50. The highest BCUT2D eigenvalue weighted by molar-refractivity contribution is 5.99. The molecule has 4 fully saturated rings. The van der Waals surface area contributed by atoms with Gasteiger partial charge >= 0.3 is 0 Å². The van der Waals surface area contributed by atoms with Gasteiger partial charge in [-0.15, -0.1) is 0 Å². The molecule has 10 nitrogen and oxygen atoms in total. The normalized spacial score (nSPS) is 25.1. The maximum Gasteiger partial charge on any atom is 0.264 e. The molecule has 1 aromatic heterocycles. The lowest BCUT2D eigenvalue weighted by Gasteiger charge is -2.47. The number of ether oxygens (including phenoxy) is 2. The van der Waals surface area contributed by atoms with Crippen molar-refractivity contribution in [2.75, 3.05) is 44.7 Å². The molecule has 2 amide bonds. The van der Waals surface area contributed by atoms with Crippen molar-refractivity contribution in [2.45, 2.75) is 44.4 Å². The zero-order chi connectivity index (χ0) is 22.9. The molecule has 5 heterocycles. The molecule has 33 heavy (non-hydrogen) atoms. The minimum absolute atomic E-state index is 0.198. The van der Waals surface area contributed by atoms with Crippen molar-refractivity contribution < 1.29 is 19.1 Å². The molecular weight excluding hydrogens is 426 g/mol. The number of hydrogen-bond donors (Lipinski definition) is 2. The fraction of sp³-hybridized carbons (Fsp3) is 0.565. The van der Waals surface area contributed by atoms with Crippen LogP contribution in [0.15, 0.2) is 23.0 Å². The SMILES string of the molecule is Cc1nc2cccc(NCCOCCN3CC4CC(C3)O4)c2c(=O)n1C1CCC(=O)NC1=O. The molecule has 3 unspecified atom stereocenters. The van der Waals surface area contributed by atoms with Gasteiger partial charge in [0.25, 0.3) is 5.56 Å². The van der Waals surface area contributed by atoms with Gasteiger partial charge in [0.05, 0.1) is 36.3 Å². The van der Waals surface area contributed by atoms with E-state index in [9.17, 15) is 14.4 Å². The van der Waals surface area contributed by atoms with Crippen molar-refractivity contribution >= 4 is 28.4 Å². The highest BCUT2D eigenvalue weighted by Gasteiger charge is 2.37. The Bertz CT molecular complexity index is 1120. The number of aromatic nitrogens is 2. The van der Waals surface area contributed by atoms with Crippen LogP contribution in [0, 0.1) is 6.92 Å². The number of anilines is 1. The lowest BCUT2D eigenvalue weighted by atomic mass is 9.99. The molecule has 0 saturated carbocycles. The largest absolute Gasteiger partial charge is 0.382 e. The summed E-state index contributed by atoms with van der Waals surface area (Å²) in [6.45, 7) is 6.27. The number of aryl methyl sites for hydroxylation is 1. The summed E-state index contributed by atoms with van der Waals surface area (Å²) < 4.78 is 12.8. The molecule has 0 aliphatic carbocycles. The Labute approximate surface area is 191 Å². The number of nitrogens with zero attached hydrogens (tertiary/aromatic N) is 3. The number of carbonyl (C=O) groups is 2. The van der Waals surface area contributed by atoms with Crippen LogP contribution < -0.4 is 16.2 Å². The number of fused-ring (bicyclic) bond motifs is 3. The number of benzene rings is 1. The van der Waals surface area contributed by atoms with Gasteiger partial charge in [0.2, 0.25) is 11.8 Å². The van der Waals surface area contributed by atoms with Gasteiger partial charge in [-0.25, -0.2) is 4.98 Å². The molecule has 4 aliphatic rings. The van der Waals surface area contributed by atoms with Crippen molar-refractivity contribution in [2.24, 2.45) is 0 Å². The van der Waals surface area contributed by atoms with Crippen molar-refractivity contribution in [3.63, 3.8) is 0 Å². The molecular formula is C23H29N5O5. The van der Waals surface area contributed by atoms with Crippen molar-refractivity contribution in [1.29, 1.82) is 0 Å². The number of piperidine rings is 2. The Morgan fingerprint density at radius 3 is 2.76 bits per heavy atom. The summed E-state index contributed by atoms with van der Waals surface area (Å²) in [7, 11) is 0. The van der Waals surface area contributed by atoms with Crippen LogP contribution in [0.4, 0.5) is 5.69 Å². The lowest BCUT2D eigenvalue weighted by molar-refractivity contribution is -0.182. The zero-order valence-electron chi connectivity index (χ0n) is 18.7. The van der Waals surface area contributed by atoms with Gasteiger partial charge in [0, 0.05) is 44.7 Å². The molecule has 2 bridgehead atoms.